The second-order valence-electron chi connectivity index (χ2n) is 7.02. The van der Waals surface area contributed by atoms with E-state index in [1.54, 1.807) is 0 Å². The lowest BCUT2D eigenvalue weighted by Gasteiger charge is -2.41. The van der Waals surface area contributed by atoms with E-state index in [9.17, 15) is 30.3 Å². The molecule has 138 valence electrons. The van der Waals surface area contributed by atoms with E-state index in [1.165, 1.54) is 0 Å². The summed E-state index contributed by atoms with van der Waals surface area (Å²) in [6.07, 6.45) is -4.36. The molecule has 1 saturated heterocycles. The molecular formula is C17H22O8. The number of phenols is 2. The summed E-state index contributed by atoms with van der Waals surface area (Å²) >= 11 is 0. The Morgan fingerprint density at radius 2 is 1.96 bits per heavy atom. The van der Waals surface area contributed by atoms with Crippen molar-refractivity contribution >= 4 is 5.78 Å². The van der Waals surface area contributed by atoms with E-state index in [0.717, 1.165) is 6.07 Å². The lowest BCUT2D eigenvalue weighted by Crippen LogP contribution is -2.63. The molecule has 0 aromatic heterocycles. The summed E-state index contributed by atoms with van der Waals surface area (Å²) in [7, 11) is 0. The number of hydrogen-bond donors (Lipinski definition) is 5. The fraction of sp³-hybridized carbons (Fsp3) is 0.588. The molecule has 4 unspecified atom stereocenters. The zero-order chi connectivity index (χ0) is 18.5. The summed E-state index contributed by atoms with van der Waals surface area (Å²) in [6.45, 7) is 3.42. The maximum Gasteiger partial charge on any atom is 0.243 e. The van der Waals surface area contributed by atoms with Crippen LogP contribution in [0.1, 0.15) is 36.2 Å². The van der Waals surface area contributed by atoms with Crippen molar-refractivity contribution in [3.8, 4) is 17.2 Å². The fourth-order valence-electron chi connectivity index (χ4n) is 3.28. The summed E-state index contributed by atoms with van der Waals surface area (Å²) < 4.78 is 11.1. The van der Waals surface area contributed by atoms with Crippen LogP contribution in [0.4, 0.5) is 0 Å². The minimum Gasteiger partial charge on any atom is -0.507 e. The van der Waals surface area contributed by atoms with Gasteiger partial charge in [-0.25, -0.2) is 0 Å². The Labute approximate surface area is 144 Å². The van der Waals surface area contributed by atoms with E-state index < -0.39 is 29.8 Å². The van der Waals surface area contributed by atoms with Gasteiger partial charge in [-0.2, -0.15) is 0 Å². The normalized spacial score (nSPS) is 31.2. The summed E-state index contributed by atoms with van der Waals surface area (Å²) in [4.78, 5) is 12.5. The number of hydrogen-bond acceptors (Lipinski definition) is 8. The molecule has 0 bridgehead atoms. The number of aliphatic hydroxyl groups is 3. The van der Waals surface area contributed by atoms with E-state index in [1.807, 2.05) is 13.8 Å². The molecule has 2 aliphatic rings. The van der Waals surface area contributed by atoms with Gasteiger partial charge in [-0.05, 0) is 5.92 Å². The highest BCUT2D eigenvalue weighted by atomic mass is 16.7. The molecular weight excluding hydrogens is 332 g/mol. The molecule has 0 saturated carbocycles. The van der Waals surface area contributed by atoms with Crippen LogP contribution in [0, 0.1) is 5.92 Å². The Kier molecular flexibility index (Phi) is 4.40. The largest absolute Gasteiger partial charge is 0.507 e. The van der Waals surface area contributed by atoms with Crippen molar-refractivity contribution in [1.82, 2.24) is 0 Å². The third-order valence-electron chi connectivity index (χ3n) is 4.58. The summed E-state index contributed by atoms with van der Waals surface area (Å²) in [6, 6.07) is 1.05. The average molecular weight is 354 g/mol. The van der Waals surface area contributed by atoms with E-state index in [-0.39, 0.29) is 53.8 Å². The van der Waals surface area contributed by atoms with Crippen LogP contribution in [0.5, 0.6) is 17.2 Å². The lowest BCUT2D eigenvalue weighted by atomic mass is 9.92. The van der Waals surface area contributed by atoms with E-state index in [0.29, 0.717) is 0 Å². The predicted molar refractivity (Wildman–Crippen MR) is 84.6 cm³/mol. The highest BCUT2D eigenvalue weighted by Crippen LogP contribution is 2.49. The van der Waals surface area contributed by atoms with Crippen LogP contribution >= 0.6 is 0 Å². The first-order valence-electron chi connectivity index (χ1n) is 8.14. The van der Waals surface area contributed by atoms with Gasteiger partial charge in [-0.3, -0.25) is 4.79 Å². The molecule has 4 atom stereocenters. The van der Waals surface area contributed by atoms with Gasteiger partial charge in [-0.1, -0.05) is 13.8 Å². The van der Waals surface area contributed by atoms with E-state index >= 15 is 0 Å². The molecule has 0 amide bonds. The number of carbonyl (C=O) groups excluding carboxylic acids is 1. The first-order chi connectivity index (χ1) is 11.7. The summed E-state index contributed by atoms with van der Waals surface area (Å²) in [5, 5.41) is 50.1. The summed E-state index contributed by atoms with van der Waals surface area (Å²) in [5.74, 6) is -2.86. The lowest BCUT2D eigenvalue weighted by molar-refractivity contribution is -0.300. The number of ether oxygens (including phenoxy) is 2. The van der Waals surface area contributed by atoms with Crippen LogP contribution in [-0.2, 0) is 11.2 Å². The fourth-order valence-corrected chi connectivity index (χ4v) is 3.28. The number of aromatic hydroxyl groups is 2. The van der Waals surface area contributed by atoms with Gasteiger partial charge in [0.05, 0.1) is 6.61 Å². The molecule has 0 radical (unpaired) electrons. The molecule has 1 aromatic rings. The van der Waals surface area contributed by atoms with Crippen molar-refractivity contribution in [2.75, 3.05) is 6.61 Å². The van der Waals surface area contributed by atoms with Crippen molar-refractivity contribution < 1.29 is 39.8 Å². The number of rotatable bonds is 3. The first-order valence-corrected chi connectivity index (χ1v) is 8.14. The first kappa shape index (κ1) is 17.9. The van der Waals surface area contributed by atoms with Crippen LogP contribution in [0.3, 0.4) is 0 Å². The van der Waals surface area contributed by atoms with Gasteiger partial charge in [0, 0.05) is 24.5 Å². The molecule has 1 aromatic carbocycles. The predicted octanol–water partition coefficient (Wildman–Crippen LogP) is 0.0707. The number of carbonyl (C=O) groups is 1. The Bertz CT molecular complexity index is 700. The summed E-state index contributed by atoms with van der Waals surface area (Å²) in [5.41, 5.74) is 0.113. The second-order valence-corrected chi connectivity index (χ2v) is 7.02. The van der Waals surface area contributed by atoms with Gasteiger partial charge < -0.3 is 35.0 Å². The number of phenolic OH excluding ortho intramolecular Hbond substituents is 2. The number of Topliss-reactive ketones (excluding diaryl/α,β-unsaturated/α-hetero) is 1. The highest BCUT2D eigenvalue weighted by Gasteiger charge is 2.56. The van der Waals surface area contributed by atoms with Gasteiger partial charge >= 0.3 is 0 Å². The molecule has 1 fully saturated rings. The minimum atomic E-state index is -1.74. The Balaban J connectivity index is 2.03. The van der Waals surface area contributed by atoms with Gasteiger partial charge in [-0.15, -0.1) is 0 Å². The maximum absolute atomic E-state index is 12.5. The minimum absolute atomic E-state index is 0.0419. The smallest absolute Gasteiger partial charge is 0.243 e. The molecule has 2 heterocycles. The molecule has 5 N–H and O–H groups in total. The quantitative estimate of drug-likeness (QED) is 0.481. The van der Waals surface area contributed by atoms with E-state index in [2.05, 4.69) is 0 Å². The Morgan fingerprint density at radius 3 is 2.60 bits per heavy atom. The van der Waals surface area contributed by atoms with Gasteiger partial charge in [0.25, 0.3) is 0 Å². The standard InChI is InChI=1S/C17H22O8/c1-7(2)3-10(19)13-11(20)4-9(18)8-5-17(25-15(8)13)16(23)14(22)12(21)6-24-17/h4,7,12,14,16,18,20-23H,3,5-6H2,1-2H3. The van der Waals surface area contributed by atoms with Gasteiger partial charge in [0.2, 0.25) is 5.79 Å². The van der Waals surface area contributed by atoms with Crippen LogP contribution in [0.2, 0.25) is 0 Å². The molecule has 0 aliphatic carbocycles. The van der Waals surface area contributed by atoms with Crippen molar-refractivity contribution in [1.29, 1.82) is 0 Å². The SMILES string of the molecule is CC(C)CC(=O)c1c(O)cc(O)c2c1OC1(C2)OCC(O)C(O)C1O. The average Bonchev–Trinajstić information content (AvgIpc) is 2.90. The number of aliphatic hydroxyl groups excluding tert-OH is 3. The zero-order valence-electron chi connectivity index (χ0n) is 14.0. The number of benzene rings is 1. The van der Waals surface area contributed by atoms with Crippen molar-refractivity contribution in [3.63, 3.8) is 0 Å². The molecule has 3 rings (SSSR count). The molecule has 25 heavy (non-hydrogen) atoms. The third kappa shape index (κ3) is 2.85. The molecule has 8 nitrogen and oxygen atoms in total. The zero-order valence-corrected chi connectivity index (χ0v) is 14.0. The van der Waals surface area contributed by atoms with Crippen LogP contribution in [-0.4, -0.2) is 62.0 Å². The van der Waals surface area contributed by atoms with Crippen LogP contribution in [0.15, 0.2) is 6.07 Å². The highest BCUT2D eigenvalue weighted by molar-refractivity contribution is 6.02. The maximum atomic E-state index is 12.5. The van der Waals surface area contributed by atoms with Crippen molar-refractivity contribution in [2.45, 2.75) is 50.8 Å². The number of ketones is 1. The van der Waals surface area contributed by atoms with E-state index in [4.69, 9.17) is 9.47 Å². The monoisotopic (exact) mass is 354 g/mol. The van der Waals surface area contributed by atoms with Crippen LogP contribution in [0.25, 0.3) is 0 Å². The molecule has 1 spiro atoms. The molecule has 8 heteroatoms. The Hall–Kier alpha value is -1.87. The molecule has 2 aliphatic heterocycles. The van der Waals surface area contributed by atoms with Crippen molar-refractivity contribution in [3.05, 3.63) is 17.2 Å². The van der Waals surface area contributed by atoms with Gasteiger partial charge in [0.1, 0.15) is 41.1 Å². The number of fused-ring (bicyclic) bond motifs is 1. The second kappa shape index (κ2) is 6.14. The topological polar surface area (TPSA) is 137 Å². The Morgan fingerprint density at radius 1 is 1.28 bits per heavy atom. The van der Waals surface area contributed by atoms with Crippen LogP contribution < -0.4 is 4.74 Å². The third-order valence-corrected chi connectivity index (χ3v) is 4.58. The van der Waals surface area contributed by atoms with Gasteiger partial charge in [0.15, 0.2) is 5.78 Å². The van der Waals surface area contributed by atoms with Crippen molar-refractivity contribution in [2.24, 2.45) is 5.92 Å².